The van der Waals surface area contributed by atoms with Crippen LogP contribution in [0, 0.1) is 0 Å². The Kier molecular flexibility index (Phi) is 5.14. The predicted molar refractivity (Wildman–Crippen MR) is 77.5 cm³/mol. The van der Waals surface area contributed by atoms with Crippen LogP contribution in [-0.2, 0) is 9.47 Å². The van der Waals surface area contributed by atoms with Crippen molar-refractivity contribution in [2.24, 2.45) is 0 Å². The standard InChI is InChI=1S/C15H22N2O4/c1-4-19-14(18)12-6-5-7-17-13(12)20-9-11-8-16-10-15(2,3)21-11/h5-7,11,16H,4,8-10H2,1-3H3. The van der Waals surface area contributed by atoms with E-state index >= 15 is 0 Å². The first-order chi connectivity index (χ1) is 10.0. The lowest BCUT2D eigenvalue weighted by molar-refractivity contribution is -0.107. The number of hydrogen-bond acceptors (Lipinski definition) is 6. The fraction of sp³-hybridized carbons (Fsp3) is 0.600. The van der Waals surface area contributed by atoms with Gasteiger partial charge >= 0.3 is 5.97 Å². The van der Waals surface area contributed by atoms with Gasteiger partial charge in [0.05, 0.1) is 12.2 Å². The maximum Gasteiger partial charge on any atom is 0.343 e. The third-order valence-corrected chi connectivity index (χ3v) is 3.08. The molecule has 116 valence electrons. The lowest BCUT2D eigenvalue weighted by Gasteiger charge is -2.36. The molecule has 0 amide bonds. The number of esters is 1. The lowest BCUT2D eigenvalue weighted by Crippen LogP contribution is -2.52. The van der Waals surface area contributed by atoms with Gasteiger partial charge in [0.25, 0.3) is 0 Å². The van der Waals surface area contributed by atoms with Crippen LogP contribution in [0.15, 0.2) is 18.3 Å². The van der Waals surface area contributed by atoms with Crippen LogP contribution in [0.3, 0.4) is 0 Å². The smallest absolute Gasteiger partial charge is 0.343 e. The van der Waals surface area contributed by atoms with Crippen molar-refractivity contribution in [3.63, 3.8) is 0 Å². The van der Waals surface area contributed by atoms with Crippen LogP contribution in [0.25, 0.3) is 0 Å². The molecule has 0 radical (unpaired) electrons. The molecule has 2 rings (SSSR count). The molecule has 1 aromatic heterocycles. The Balaban J connectivity index is 1.98. The fourth-order valence-electron chi connectivity index (χ4n) is 2.20. The fourth-order valence-corrected chi connectivity index (χ4v) is 2.20. The van der Waals surface area contributed by atoms with Gasteiger partial charge in [0.1, 0.15) is 18.3 Å². The van der Waals surface area contributed by atoms with Crippen LogP contribution in [0.4, 0.5) is 0 Å². The molecule has 1 N–H and O–H groups in total. The summed E-state index contributed by atoms with van der Waals surface area (Å²) in [7, 11) is 0. The summed E-state index contributed by atoms with van der Waals surface area (Å²) in [6.45, 7) is 7.98. The van der Waals surface area contributed by atoms with Gasteiger partial charge in [-0.2, -0.15) is 0 Å². The molecule has 6 nitrogen and oxygen atoms in total. The molecule has 1 atom stereocenters. The minimum absolute atomic E-state index is 0.0780. The normalized spacial score (nSPS) is 20.8. The van der Waals surface area contributed by atoms with E-state index in [-0.39, 0.29) is 17.6 Å². The highest BCUT2D eigenvalue weighted by Gasteiger charge is 2.29. The van der Waals surface area contributed by atoms with Crippen LogP contribution >= 0.6 is 0 Å². The van der Waals surface area contributed by atoms with Crippen molar-refractivity contribution in [1.82, 2.24) is 10.3 Å². The van der Waals surface area contributed by atoms with Gasteiger partial charge in [-0.1, -0.05) is 0 Å². The van der Waals surface area contributed by atoms with E-state index in [4.69, 9.17) is 14.2 Å². The molecule has 1 aliphatic rings. The second kappa shape index (κ2) is 6.87. The van der Waals surface area contributed by atoms with Crippen LogP contribution in [-0.4, -0.2) is 49.0 Å². The van der Waals surface area contributed by atoms with Crippen molar-refractivity contribution in [2.75, 3.05) is 26.3 Å². The summed E-state index contributed by atoms with van der Waals surface area (Å²) < 4.78 is 16.6. The van der Waals surface area contributed by atoms with E-state index in [0.717, 1.165) is 6.54 Å². The second-order valence-electron chi connectivity index (χ2n) is 5.52. The predicted octanol–water partition coefficient (Wildman–Crippen LogP) is 1.40. The van der Waals surface area contributed by atoms with Gasteiger partial charge in [-0.25, -0.2) is 9.78 Å². The maximum absolute atomic E-state index is 11.8. The minimum atomic E-state index is -0.427. The molecular formula is C15H22N2O4. The molecular weight excluding hydrogens is 272 g/mol. The zero-order chi connectivity index (χ0) is 15.3. The van der Waals surface area contributed by atoms with Crippen LogP contribution in [0.2, 0.25) is 0 Å². The number of carbonyl (C=O) groups excluding carboxylic acids is 1. The molecule has 0 saturated carbocycles. The number of carbonyl (C=O) groups is 1. The van der Waals surface area contributed by atoms with Crippen molar-refractivity contribution in [3.05, 3.63) is 23.9 Å². The van der Waals surface area contributed by atoms with Gasteiger partial charge in [-0.05, 0) is 32.9 Å². The quantitative estimate of drug-likeness (QED) is 0.828. The van der Waals surface area contributed by atoms with E-state index in [9.17, 15) is 4.79 Å². The summed E-state index contributed by atoms with van der Waals surface area (Å²) in [6.07, 6.45) is 1.51. The summed E-state index contributed by atoms with van der Waals surface area (Å²) in [5.74, 6) is -0.147. The summed E-state index contributed by atoms with van der Waals surface area (Å²) in [6, 6.07) is 3.32. The van der Waals surface area contributed by atoms with Crippen molar-refractivity contribution in [2.45, 2.75) is 32.5 Å². The molecule has 2 heterocycles. The number of hydrogen-bond donors (Lipinski definition) is 1. The third-order valence-electron chi connectivity index (χ3n) is 3.08. The summed E-state index contributed by atoms with van der Waals surface area (Å²) >= 11 is 0. The number of morpholine rings is 1. The van der Waals surface area contributed by atoms with Gasteiger partial charge in [-0.15, -0.1) is 0 Å². The van der Waals surface area contributed by atoms with Crippen LogP contribution in [0.1, 0.15) is 31.1 Å². The van der Waals surface area contributed by atoms with Crippen LogP contribution in [0.5, 0.6) is 5.88 Å². The Labute approximate surface area is 124 Å². The Morgan fingerprint density at radius 1 is 1.57 bits per heavy atom. The molecule has 1 aliphatic heterocycles. The molecule has 1 saturated heterocycles. The Hall–Kier alpha value is -1.66. The molecule has 0 spiro atoms. The average Bonchev–Trinajstić information content (AvgIpc) is 2.45. The van der Waals surface area contributed by atoms with E-state index in [1.165, 1.54) is 0 Å². The van der Waals surface area contributed by atoms with Crippen molar-refractivity contribution in [3.8, 4) is 5.88 Å². The molecule has 21 heavy (non-hydrogen) atoms. The summed E-state index contributed by atoms with van der Waals surface area (Å²) in [4.78, 5) is 15.9. The summed E-state index contributed by atoms with van der Waals surface area (Å²) in [5, 5.41) is 3.30. The zero-order valence-electron chi connectivity index (χ0n) is 12.7. The van der Waals surface area contributed by atoms with Gasteiger partial charge in [-0.3, -0.25) is 0 Å². The van der Waals surface area contributed by atoms with Gasteiger partial charge in [0, 0.05) is 19.3 Å². The number of pyridine rings is 1. The zero-order valence-corrected chi connectivity index (χ0v) is 12.7. The van der Waals surface area contributed by atoms with Crippen LogP contribution < -0.4 is 10.1 Å². The van der Waals surface area contributed by atoms with E-state index in [1.807, 2.05) is 13.8 Å². The summed E-state index contributed by atoms with van der Waals surface area (Å²) in [5.41, 5.74) is 0.114. The molecule has 1 fully saturated rings. The molecule has 6 heteroatoms. The number of ether oxygens (including phenoxy) is 3. The number of rotatable bonds is 5. The van der Waals surface area contributed by atoms with Crippen molar-refractivity contribution in [1.29, 1.82) is 0 Å². The highest BCUT2D eigenvalue weighted by atomic mass is 16.6. The van der Waals surface area contributed by atoms with E-state index in [1.54, 1.807) is 25.3 Å². The average molecular weight is 294 g/mol. The highest BCUT2D eigenvalue weighted by molar-refractivity contribution is 5.91. The highest BCUT2D eigenvalue weighted by Crippen LogP contribution is 2.19. The first-order valence-electron chi connectivity index (χ1n) is 7.15. The number of aromatic nitrogens is 1. The van der Waals surface area contributed by atoms with Gasteiger partial charge in [0.2, 0.25) is 5.88 Å². The number of nitrogens with zero attached hydrogens (tertiary/aromatic N) is 1. The molecule has 0 aromatic carbocycles. The topological polar surface area (TPSA) is 69.7 Å². The van der Waals surface area contributed by atoms with Gasteiger partial charge < -0.3 is 19.5 Å². The first-order valence-corrected chi connectivity index (χ1v) is 7.15. The molecule has 0 aliphatic carbocycles. The van der Waals surface area contributed by atoms with Crippen molar-refractivity contribution < 1.29 is 19.0 Å². The maximum atomic E-state index is 11.8. The Morgan fingerprint density at radius 2 is 2.38 bits per heavy atom. The Morgan fingerprint density at radius 3 is 3.10 bits per heavy atom. The van der Waals surface area contributed by atoms with E-state index in [2.05, 4.69) is 10.3 Å². The number of nitrogens with one attached hydrogen (secondary N) is 1. The SMILES string of the molecule is CCOC(=O)c1cccnc1OCC1CNCC(C)(C)O1. The molecule has 1 unspecified atom stereocenters. The lowest BCUT2D eigenvalue weighted by atomic mass is 10.1. The van der Waals surface area contributed by atoms with E-state index in [0.29, 0.717) is 25.3 Å². The molecule has 1 aromatic rings. The van der Waals surface area contributed by atoms with Gasteiger partial charge in [0.15, 0.2) is 0 Å². The molecule has 0 bridgehead atoms. The first kappa shape index (κ1) is 15.7. The second-order valence-corrected chi connectivity index (χ2v) is 5.52. The van der Waals surface area contributed by atoms with E-state index < -0.39 is 5.97 Å². The minimum Gasteiger partial charge on any atom is -0.474 e. The Bertz CT molecular complexity index is 490. The largest absolute Gasteiger partial charge is 0.474 e. The third kappa shape index (κ3) is 4.41. The monoisotopic (exact) mass is 294 g/mol. The van der Waals surface area contributed by atoms with Crippen molar-refractivity contribution >= 4 is 5.97 Å².